The Balaban J connectivity index is 2.47. The highest BCUT2D eigenvalue weighted by Gasteiger charge is 2.48. The predicted molar refractivity (Wildman–Crippen MR) is 90.4 cm³/mol. The van der Waals surface area contributed by atoms with Crippen LogP contribution in [0.2, 0.25) is 0 Å². The van der Waals surface area contributed by atoms with E-state index in [1.165, 1.54) is 0 Å². The van der Waals surface area contributed by atoms with Crippen molar-refractivity contribution in [3.05, 3.63) is 71.8 Å². The lowest BCUT2D eigenvalue weighted by Gasteiger charge is -2.47. The van der Waals surface area contributed by atoms with Crippen LogP contribution in [0.15, 0.2) is 60.7 Å². The quantitative estimate of drug-likeness (QED) is 0.884. The van der Waals surface area contributed by atoms with Crippen molar-refractivity contribution in [1.29, 1.82) is 0 Å². The molecule has 0 bridgehead atoms. The van der Waals surface area contributed by atoms with E-state index in [9.17, 15) is 10.2 Å². The molecule has 2 aromatic carbocycles. The average molecular weight is 298 g/mol. The molecule has 2 N–H and O–H groups in total. The van der Waals surface area contributed by atoms with E-state index in [2.05, 4.69) is 0 Å². The summed E-state index contributed by atoms with van der Waals surface area (Å²) in [5.41, 5.74) is 0.117. The van der Waals surface area contributed by atoms with Crippen molar-refractivity contribution in [2.45, 2.75) is 39.4 Å². The first-order valence-corrected chi connectivity index (χ1v) is 7.79. The molecule has 0 radical (unpaired) electrons. The van der Waals surface area contributed by atoms with Crippen LogP contribution in [0.3, 0.4) is 0 Å². The highest BCUT2D eigenvalue weighted by atomic mass is 16.3. The fourth-order valence-electron chi connectivity index (χ4n) is 3.24. The van der Waals surface area contributed by atoms with Gasteiger partial charge in [0, 0.05) is 5.92 Å². The number of aliphatic hydroxyl groups is 2. The van der Waals surface area contributed by atoms with E-state index in [1.54, 1.807) is 0 Å². The summed E-state index contributed by atoms with van der Waals surface area (Å²) in [5.74, 6) is -0.350. The second kappa shape index (κ2) is 6.23. The molecule has 0 saturated heterocycles. The molecule has 2 rings (SSSR count). The fraction of sp³-hybridized carbons (Fsp3) is 0.400. The van der Waals surface area contributed by atoms with E-state index in [0.29, 0.717) is 0 Å². The molecule has 2 heteroatoms. The lowest BCUT2D eigenvalue weighted by Crippen LogP contribution is -2.47. The molecule has 0 fully saturated rings. The Kier molecular flexibility index (Phi) is 4.74. The number of hydrogen-bond donors (Lipinski definition) is 2. The summed E-state index contributed by atoms with van der Waals surface area (Å²) in [5, 5.41) is 22.3. The number of aliphatic hydroxyl groups excluding tert-OH is 1. The Labute approximate surface area is 133 Å². The van der Waals surface area contributed by atoms with Gasteiger partial charge in [0.25, 0.3) is 0 Å². The predicted octanol–water partition coefficient (Wildman–Crippen LogP) is 4.29. The summed E-state index contributed by atoms with van der Waals surface area (Å²) < 4.78 is 0. The molecule has 22 heavy (non-hydrogen) atoms. The number of benzene rings is 2. The van der Waals surface area contributed by atoms with Gasteiger partial charge in [0.2, 0.25) is 0 Å². The van der Waals surface area contributed by atoms with Crippen LogP contribution in [0.25, 0.3) is 0 Å². The van der Waals surface area contributed by atoms with Gasteiger partial charge in [-0.1, -0.05) is 88.4 Å². The average Bonchev–Trinajstić information content (AvgIpc) is 2.53. The molecule has 0 saturated carbocycles. The molecule has 0 aliphatic heterocycles. The van der Waals surface area contributed by atoms with Crippen LogP contribution in [-0.4, -0.2) is 10.2 Å². The molecule has 0 aliphatic carbocycles. The van der Waals surface area contributed by atoms with Gasteiger partial charge in [0.05, 0.1) is 11.7 Å². The van der Waals surface area contributed by atoms with Crippen molar-refractivity contribution in [3.8, 4) is 0 Å². The second-order valence-electron chi connectivity index (χ2n) is 7.03. The summed E-state index contributed by atoms with van der Waals surface area (Å²) in [7, 11) is 0. The molecule has 0 spiro atoms. The van der Waals surface area contributed by atoms with Crippen molar-refractivity contribution in [1.82, 2.24) is 0 Å². The molecular weight excluding hydrogens is 272 g/mol. The van der Waals surface area contributed by atoms with E-state index in [1.807, 2.05) is 88.4 Å². The Hall–Kier alpha value is -1.64. The lowest BCUT2D eigenvalue weighted by molar-refractivity contribution is -0.140. The zero-order valence-corrected chi connectivity index (χ0v) is 13.8. The van der Waals surface area contributed by atoms with Gasteiger partial charge in [-0.15, -0.1) is 0 Å². The third-order valence-electron chi connectivity index (χ3n) is 4.63. The SMILES string of the molecule is C[C@H]([C@@H](O)c1ccccc1)[C@](O)(c1ccccc1)C(C)(C)C. The van der Waals surface area contributed by atoms with Gasteiger partial charge in [-0.3, -0.25) is 0 Å². The van der Waals surface area contributed by atoms with Gasteiger partial charge in [0.15, 0.2) is 0 Å². The van der Waals surface area contributed by atoms with E-state index in [-0.39, 0.29) is 5.92 Å². The first-order valence-electron chi connectivity index (χ1n) is 7.79. The summed E-state index contributed by atoms with van der Waals surface area (Å²) in [6.45, 7) is 7.94. The highest BCUT2D eigenvalue weighted by Crippen LogP contribution is 2.48. The third kappa shape index (κ3) is 2.94. The minimum absolute atomic E-state index is 0.350. The summed E-state index contributed by atoms with van der Waals surface area (Å²) in [4.78, 5) is 0. The van der Waals surface area contributed by atoms with Crippen molar-refractivity contribution < 1.29 is 10.2 Å². The zero-order valence-electron chi connectivity index (χ0n) is 13.8. The maximum absolute atomic E-state index is 11.6. The van der Waals surface area contributed by atoms with Crippen LogP contribution >= 0.6 is 0 Å². The molecule has 118 valence electrons. The molecule has 3 atom stereocenters. The minimum atomic E-state index is -1.14. The first kappa shape index (κ1) is 16.7. The zero-order chi connectivity index (χ0) is 16.4. The Bertz CT molecular complexity index is 586. The largest absolute Gasteiger partial charge is 0.388 e. The normalized spacial score (nSPS) is 17.5. The number of rotatable bonds is 4. The Morgan fingerprint density at radius 2 is 1.27 bits per heavy atom. The summed E-state index contributed by atoms with van der Waals surface area (Å²) in [6, 6.07) is 19.2. The van der Waals surface area contributed by atoms with E-state index in [4.69, 9.17) is 0 Å². The van der Waals surface area contributed by atoms with Crippen LogP contribution in [-0.2, 0) is 5.60 Å². The van der Waals surface area contributed by atoms with Crippen LogP contribution in [0.4, 0.5) is 0 Å². The van der Waals surface area contributed by atoms with Crippen LogP contribution in [0, 0.1) is 11.3 Å². The third-order valence-corrected chi connectivity index (χ3v) is 4.63. The van der Waals surface area contributed by atoms with Crippen LogP contribution in [0.5, 0.6) is 0 Å². The van der Waals surface area contributed by atoms with E-state index in [0.717, 1.165) is 11.1 Å². The minimum Gasteiger partial charge on any atom is -0.388 e. The highest BCUT2D eigenvalue weighted by molar-refractivity contribution is 5.28. The Morgan fingerprint density at radius 1 is 0.818 bits per heavy atom. The van der Waals surface area contributed by atoms with Gasteiger partial charge in [0.1, 0.15) is 0 Å². The molecular formula is C20H26O2. The molecule has 2 aromatic rings. The van der Waals surface area contributed by atoms with Crippen molar-refractivity contribution in [3.63, 3.8) is 0 Å². The summed E-state index contributed by atoms with van der Waals surface area (Å²) >= 11 is 0. The first-order chi connectivity index (χ1) is 10.3. The van der Waals surface area contributed by atoms with Gasteiger partial charge >= 0.3 is 0 Å². The smallest absolute Gasteiger partial charge is 0.0997 e. The van der Waals surface area contributed by atoms with Gasteiger partial charge in [-0.05, 0) is 16.5 Å². The van der Waals surface area contributed by atoms with Crippen molar-refractivity contribution >= 4 is 0 Å². The molecule has 0 unspecified atom stereocenters. The maximum atomic E-state index is 11.6. The van der Waals surface area contributed by atoms with Gasteiger partial charge < -0.3 is 10.2 Å². The fourth-order valence-corrected chi connectivity index (χ4v) is 3.24. The van der Waals surface area contributed by atoms with Crippen LogP contribution in [0.1, 0.15) is 44.9 Å². The maximum Gasteiger partial charge on any atom is 0.0997 e. The molecule has 0 heterocycles. The number of hydrogen-bond acceptors (Lipinski definition) is 2. The monoisotopic (exact) mass is 298 g/mol. The summed E-state index contributed by atoms with van der Waals surface area (Å²) in [6.07, 6.45) is -0.731. The Morgan fingerprint density at radius 3 is 1.73 bits per heavy atom. The van der Waals surface area contributed by atoms with Gasteiger partial charge in [-0.2, -0.15) is 0 Å². The van der Waals surface area contributed by atoms with Crippen molar-refractivity contribution in [2.75, 3.05) is 0 Å². The second-order valence-corrected chi connectivity index (χ2v) is 7.03. The van der Waals surface area contributed by atoms with Crippen LogP contribution < -0.4 is 0 Å². The topological polar surface area (TPSA) is 40.5 Å². The van der Waals surface area contributed by atoms with Gasteiger partial charge in [-0.25, -0.2) is 0 Å². The lowest BCUT2D eigenvalue weighted by atomic mass is 9.63. The van der Waals surface area contributed by atoms with Crippen molar-refractivity contribution in [2.24, 2.45) is 11.3 Å². The molecule has 0 aromatic heterocycles. The molecule has 0 aliphatic rings. The molecule has 2 nitrogen and oxygen atoms in total. The standard InChI is InChI=1S/C20H26O2/c1-15(18(21)16-11-7-5-8-12-16)20(22,19(2,3)4)17-13-9-6-10-14-17/h5-15,18,21-22H,1-4H3/t15-,18-,20+/m1/s1. The van der Waals surface area contributed by atoms with E-state index >= 15 is 0 Å². The molecule has 0 amide bonds. The van der Waals surface area contributed by atoms with E-state index < -0.39 is 17.1 Å².